The summed E-state index contributed by atoms with van der Waals surface area (Å²) in [6.07, 6.45) is 2.04. The molecule has 0 aliphatic heterocycles. The standard InChI is InChI=1S/C11H22N2O3/c1-8(2)9(5-6-12)3-4-10(14)13-7-11(15)16/h8-9H,3-7,12H2,1-2H3,(H,13,14)(H,15,16). The Balaban J connectivity index is 3.82. The van der Waals surface area contributed by atoms with Crippen molar-refractivity contribution in [2.24, 2.45) is 17.6 Å². The summed E-state index contributed by atoms with van der Waals surface area (Å²) in [6.45, 7) is 4.53. The monoisotopic (exact) mass is 230 g/mol. The fourth-order valence-corrected chi connectivity index (χ4v) is 1.60. The van der Waals surface area contributed by atoms with Gasteiger partial charge in [0.15, 0.2) is 0 Å². The first-order valence-electron chi connectivity index (χ1n) is 5.66. The summed E-state index contributed by atoms with van der Waals surface area (Å²) in [7, 11) is 0. The first-order valence-corrected chi connectivity index (χ1v) is 5.66. The highest BCUT2D eigenvalue weighted by Gasteiger charge is 2.14. The average molecular weight is 230 g/mol. The summed E-state index contributed by atoms with van der Waals surface area (Å²) in [4.78, 5) is 21.5. The molecular formula is C11H22N2O3. The zero-order valence-corrected chi connectivity index (χ0v) is 10.0. The van der Waals surface area contributed by atoms with E-state index >= 15 is 0 Å². The van der Waals surface area contributed by atoms with Gasteiger partial charge in [-0.1, -0.05) is 13.8 Å². The molecule has 0 spiro atoms. The molecule has 0 saturated carbocycles. The Kier molecular flexibility index (Phi) is 7.54. The maximum absolute atomic E-state index is 11.3. The van der Waals surface area contributed by atoms with E-state index in [1.54, 1.807) is 0 Å². The predicted molar refractivity (Wildman–Crippen MR) is 61.9 cm³/mol. The molecule has 1 unspecified atom stereocenters. The lowest BCUT2D eigenvalue weighted by Crippen LogP contribution is -2.29. The van der Waals surface area contributed by atoms with E-state index in [2.05, 4.69) is 19.2 Å². The van der Waals surface area contributed by atoms with Crippen LogP contribution in [0.25, 0.3) is 0 Å². The normalized spacial score (nSPS) is 12.5. The van der Waals surface area contributed by atoms with Crippen LogP contribution in [0, 0.1) is 11.8 Å². The Bertz CT molecular complexity index is 229. The first-order chi connectivity index (χ1) is 7.47. The first kappa shape index (κ1) is 14.9. The number of carbonyl (C=O) groups is 2. The highest BCUT2D eigenvalue weighted by Crippen LogP contribution is 2.20. The molecule has 0 rings (SSSR count). The maximum atomic E-state index is 11.3. The zero-order valence-electron chi connectivity index (χ0n) is 10.0. The lowest BCUT2D eigenvalue weighted by atomic mass is 9.88. The van der Waals surface area contributed by atoms with E-state index in [4.69, 9.17) is 10.8 Å². The molecule has 1 atom stereocenters. The van der Waals surface area contributed by atoms with Crippen molar-refractivity contribution in [1.29, 1.82) is 0 Å². The van der Waals surface area contributed by atoms with E-state index in [1.807, 2.05) is 0 Å². The van der Waals surface area contributed by atoms with Crippen LogP contribution in [0.2, 0.25) is 0 Å². The van der Waals surface area contributed by atoms with Crippen LogP contribution in [0.3, 0.4) is 0 Å². The second-order valence-electron chi connectivity index (χ2n) is 4.29. The van der Waals surface area contributed by atoms with Crippen molar-refractivity contribution < 1.29 is 14.7 Å². The quantitative estimate of drug-likeness (QED) is 0.569. The number of amides is 1. The van der Waals surface area contributed by atoms with Gasteiger partial charge in [0, 0.05) is 6.42 Å². The summed E-state index contributed by atoms with van der Waals surface area (Å²) in [5, 5.41) is 10.7. The molecule has 0 radical (unpaired) electrons. The predicted octanol–water partition coefficient (Wildman–Crippen LogP) is 0.588. The van der Waals surface area contributed by atoms with Crippen molar-refractivity contribution in [3.63, 3.8) is 0 Å². The second kappa shape index (κ2) is 8.10. The third-order valence-electron chi connectivity index (χ3n) is 2.66. The lowest BCUT2D eigenvalue weighted by molar-refractivity contribution is -0.138. The van der Waals surface area contributed by atoms with Gasteiger partial charge in [0.25, 0.3) is 0 Å². The number of carbonyl (C=O) groups excluding carboxylic acids is 1. The minimum atomic E-state index is -1.02. The molecule has 0 aromatic carbocycles. The van der Waals surface area contributed by atoms with E-state index in [0.717, 1.165) is 12.8 Å². The van der Waals surface area contributed by atoms with Gasteiger partial charge in [-0.25, -0.2) is 0 Å². The zero-order chi connectivity index (χ0) is 12.6. The molecule has 0 fully saturated rings. The number of nitrogens with one attached hydrogen (secondary N) is 1. The van der Waals surface area contributed by atoms with Gasteiger partial charge in [0.2, 0.25) is 5.91 Å². The third-order valence-corrected chi connectivity index (χ3v) is 2.66. The van der Waals surface area contributed by atoms with Crippen LogP contribution in [0.15, 0.2) is 0 Å². The molecule has 0 saturated heterocycles. The van der Waals surface area contributed by atoms with Crippen molar-refractivity contribution >= 4 is 11.9 Å². The molecule has 94 valence electrons. The lowest BCUT2D eigenvalue weighted by Gasteiger charge is -2.19. The van der Waals surface area contributed by atoms with Crippen LogP contribution in [0.4, 0.5) is 0 Å². The van der Waals surface area contributed by atoms with Gasteiger partial charge in [0.05, 0.1) is 0 Å². The number of hydrogen-bond acceptors (Lipinski definition) is 3. The van der Waals surface area contributed by atoms with Gasteiger partial charge in [-0.05, 0) is 31.2 Å². The van der Waals surface area contributed by atoms with Gasteiger partial charge in [-0.15, -0.1) is 0 Å². The molecule has 5 nitrogen and oxygen atoms in total. The molecular weight excluding hydrogens is 208 g/mol. The largest absolute Gasteiger partial charge is 0.480 e. The summed E-state index contributed by atoms with van der Waals surface area (Å²) in [5.41, 5.74) is 5.49. The Morgan fingerprint density at radius 2 is 1.94 bits per heavy atom. The van der Waals surface area contributed by atoms with E-state index in [9.17, 15) is 9.59 Å². The summed E-state index contributed by atoms with van der Waals surface area (Å²) >= 11 is 0. The van der Waals surface area contributed by atoms with Gasteiger partial charge in [-0.2, -0.15) is 0 Å². The summed E-state index contributed by atoms with van der Waals surface area (Å²) < 4.78 is 0. The van der Waals surface area contributed by atoms with Crippen LogP contribution in [-0.4, -0.2) is 30.1 Å². The number of carboxylic acids is 1. The highest BCUT2D eigenvalue weighted by molar-refractivity contribution is 5.80. The van der Waals surface area contributed by atoms with Crippen LogP contribution < -0.4 is 11.1 Å². The molecule has 1 amide bonds. The number of hydrogen-bond donors (Lipinski definition) is 3. The van der Waals surface area contributed by atoms with E-state index in [0.29, 0.717) is 24.8 Å². The van der Waals surface area contributed by atoms with Gasteiger partial charge < -0.3 is 16.2 Å². The molecule has 5 heteroatoms. The topological polar surface area (TPSA) is 92.4 Å². The molecule has 0 bridgehead atoms. The molecule has 0 heterocycles. The third kappa shape index (κ3) is 7.23. The van der Waals surface area contributed by atoms with Crippen LogP contribution in [-0.2, 0) is 9.59 Å². The van der Waals surface area contributed by atoms with Crippen molar-refractivity contribution in [3.8, 4) is 0 Å². The Morgan fingerprint density at radius 3 is 2.38 bits per heavy atom. The fourth-order valence-electron chi connectivity index (χ4n) is 1.60. The molecule has 0 aliphatic rings. The van der Waals surface area contributed by atoms with E-state index in [-0.39, 0.29) is 12.5 Å². The van der Waals surface area contributed by atoms with Crippen molar-refractivity contribution in [3.05, 3.63) is 0 Å². The van der Waals surface area contributed by atoms with Crippen LogP contribution in [0.1, 0.15) is 33.1 Å². The highest BCUT2D eigenvalue weighted by atomic mass is 16.4. The van der Waals surface area contributed by atoms with Crippen molar-refractivity contribution in [1.82, 2.24) is 5.32 Å². The van der Waals surface area contributed by atoms with Gasteiger partial charge in [-0.3, -0.25) is 9.59 Å². The number of rotatable bonds is 8. The number of carboxylic acid groups (broad SMARTS) is 1. The average Bonchev–Trinajstić information content (AvgIpc) is 2.20. The Labute approximate surface area is 96.4 Å². The Hall–Kier alpha value is -1.10. The van der Waals surface area contributed by atoms with E-state index < -0.39 is 5.97 Å². The molecule has 4 N–H and O–H groups in total. The smallest absolute Gasteiger partial charge is 0.322 e. The minimum Gasteiger partial charge on any atom is -0.480 e. The molecule has 0 aromatic heterocycles. The second-order valence-corrected chi connectivity index (χ2v) is 4.29. The molecule has 0 aliphatic carbocycles. The van der Waals surface area contributed by atoms with Gasteiger partial charge >= 0.3 is 5.97 Å². The SMILES string of the molecule is CC(C)C(CCN)CCC(=O)NCC(=O)O. The van der Waals surface area contributed by atoms with Crippen molar-refractivity contribution in [2.45, 2.75) is 33.1 Å². The fraction of sp³-hybridized carbons (Fsp3) is 0.818. The summed E-state index contributed by atoms with van der Waals surface area (Å²) in [5.74, 6) is -0.294. The molecule has 16 heavy (non-hydrogen) atoms. The summed E-state index contributed by atoms with van der Waals surface area (Å²) in [6, 6.07) is 0. The molecule has 0 aromatic rings. The maximum Gasteiger partial charge on any atom is 0.322 e. The number of aliphatic carboxylic acids is 1. The number of nitrogens with two attached hydrogens (primary N) is 1. The van der Waals surface area contributed by atoms with E-state index in [1.165, 1.54) is 0 Å². The van der Waals surface area contributed by atoms with Crippen molar-refractivity contribution in [2.75, 3.05) is 13.1 Å². The Morgan fingerprint density at radius 1 is 1.31 bits per heavy atom. The van der Waals surface area contributed by atoms with Crippen LogP contribution in [0.5, 0.6) is 0 Å². The minimum absolute atomic E-state index is 0.204. The van der Waals surface area contributed by atoms with Crippen LogP contribution >= 0.6 is 0 Å². The van der Waals surface area contributed by atoms with Gasteiger partial charge in [0.1, 0.15) is 6.54 Å².